The first kappa shape index (κ1) is 17.3. The first-order chi connectivity index (χ1) is 11.4. The number of hydrogen-bond donors (Lipinski definition) is 1. The molecule has 0 aromatic heterocycles. The molecule has 0 aliphatic heterocycles. The highest BCUT2D eigenvalue weighted by Crippen LogP contribution is 2.23. The van der Waals surface area contributed by atoms with Crippen molar-refractivity contribution in [2.75, 3.05) is 12.4 Å². The second-order valence-electron chi connectivity index (χ2n) is 5.67. The molecule has 0 aliphatic rings. The van der Waals surface area contributed by atoms with Crippen molar-refractivity contribution < 1.29 is 9.53 Å². The lowest BCUT2D eigenvalue weighted by Crippen LogP contribution is -2.15. The number of aryl methyl sites for hydroxylation is 3. The highest BCUT2D eigenvalue weighted by atomic mass is 16.5. The fourth-order valence-corrected chi connectivity index (χ4v) is 2.57. The number of benzene rings is 2. The van der Waals surface area contributed by atoms with E-state index in [-0.39, 0.29) is 5.57 Å². The van der Waals surface area contributed by atoms with Gasteiger partial charge in [0.05, 0.1) is 7.11 Å². The van der Waals surface area contributed by atoms with Crippen molar-refractivity contribution in [3.8, 4) is 11.8 Å². The molecule has 2 rings (SSSR count). The molecule has 2 aromatic carbocycles. The lowest BCUT2D eigenvalue weighted by atomic mass is 10.0. The summed E-state index contributed by atoms with van der Waals surface area (Å²) in [4.78, 5) is 12.4. The van der Waals surface area contributed by atoms with E-state index in [1.54, 1.807) is 37.5 Å². The topological polar surface area (TPSA) is 62.1 Å². The molecule has 0 saturated heterocycles. The molecule has 1 amide bonds. The molecule has 122 valence electrons. The Balaban J connectivity index is 2.26. The molecule has 4 heteroatoms. The SMILES string of the molecule is COc1ccc(C=C(C#N)C(=O)Nc2c(C)cc(C)cc2C)cc1. The molecule has 0 unspecified atom stereocenters. The van der Waals surface area contributed by atoms with E-state index in [0.717, 1.165) is 33.7 Å². The van der Waals surface area contributed by atoms with Crippen molar-refractivity contribution in [2.24, 2.45) is 0 Å². The normalized spacial score (nSPS) is 10.9. The van der Waals surface area contributed by atoms with Crippen LogP contribution in [-0.4, -0.2) is 13.0 Å². The van der Waals surface area contributed by atoms with Crippen LogP contribution < -0.4 is 10.1 Å². The van der Waals surface area contributed by atoms with Gasteiger partial charge in [0.2, 0.25) is 0 Å². The van der Waals surface area contributed by atoms with Gasteiger partial charge in [0, 0.05) is 5.69 Å². The van der Waals surface area contributed by atoms with Gasteiger partial charge >= 0.3 is 0 Å². The quantitative estimate of drug-likeness (QED) is 0.679. The van der Waals surface area contributed by atoms with Gasteiger partial charge in [0.25, 0.3) is 5.91 Å². The van der Waals surface area contributed by atoms with Crippen molar-refractivity contribution >= 4 is 17.7 Å². The third kappa shape index (κ3) is 4.02. The molecule has 4 nitrogen and oxygen atoms in total. The Hall–Kier alpha value is -3.06. The average molecular weight is 320 g/mol. The van der Waals surface area contributed by atoms with Gasteiger partial charge in [-0.25, -0.2) is 0 Å². The van der Waals surface area contributed by atoms with Gasteiger partial charge in [0.1, 0.15) is 17.4 Å². The fourth-order valence-electron chi connectivity index (χ4n) is 2.57. The van der Waals surface area contributed by atoms with Gasteiger partial charge < -0.3 is 10.1 Å². The zero-order chi connectivity index (χ0) is 17.7. The summed E-state index contributed by atoms with van der Waals surface area (Å²) >= 11 is 0. The van der Waals surface area contributed by atoms with E-state index in [0.29, 0.717) is 0 Å². The first-order valence-electron chi connectivity index (χ1n) is 7.59. The van der Waals surface area contributed by atoms with Crippen LogP contribution in [0.4, 0.5) is 5.69 Å². The summed E-state index contributed by atoms with van der Waals surface area (Å²) in [7, 11) is 1.59. The molecule has 24 heavy (non-hydrogen) atoms. The van der Waals surface area contributed by atoms with Crippen LogP contribution in [0.5, 0.6) is 5.75 Å². The van der Waals surface area contributed by atoms with Gasteiger partial charge in [0.15, 0.2) is 0 Å². The van der Waals surface area contributed by atoms with Gasteiger partial charge in [-0.1, -0.05) is 29.8 Å². The third-order valence-corrected chi connectivity index (χ3v) is 3.71. The minimum atomic E-state index is -0.414. The number of nitrogens with zero attached hydrogens (tertiary/aromatic N) is 1. The Morgan fingerprint density at radius 3 is 2.21 bits per heavy atom. The van der Waals surface area contributed by atoms with E-state index in [4.69, 9.17) is 4.74 Å². The van der Waals surface area contributed by atoms with Gasteiger partial charge in [-0.2, -0.15) is 5.26 Å². The van der Waals surface area contributed by atoms with Crippen LogP contribution in [0.3, 0.4) is 0 Å². The molecule has 2 aromatic rings. The molecular formula is C20H20N2O2. The predicted molar refractivity (Wildman–Crippen MR) is 95.9 cm³/mol. The average Bonchev–Trinajstić information content (AvgIpc) is 2.56. The maximum absolute atomic E-state index is 12.4. The van der Waals surface area contributed by atoms with Crippen LogP contribution in [0, 0.1) is 32.1 Å². The van der Waals surface area contributed by atoms with Crippen LogP contribution in [0.15, 0.2) is 42.0 Å². The van der Waals surface area contributed by atoms with Crippen molar-refractivity contribution in [2.45, 2.75) is 20.8 Å². The van der Waals surface area contributed by atoms with E-state index in [1.807, 2.05) is 39.0 Å². The number of ether oxygens (including phenoxy) is 1. The van der Waals surface area contributed by atoms with Crippen molar-refractivity contribution in [3.05, 3.63) is 64.2 Å². The summed E-state index contributed by atoms with van der Waals surface area (Å²) in [5.74, 6) is 0.310. The zero-order valence-electron chi connectivity index (χ0n) is 14.3. The number of nitrogens with one attached hydrogen (secondary N) is 1. The minimum absolute atomic E-state index is 0.0551. The number of nitriles is 1. The standard InChI is InChI=1S/C20H20N2O2/c1-13-9-14(2)19(15(3)10-13)22-20(23)17(12-21)11-16-5-7-18(24-4)8-6-16/h5-11H,1-4H3,(H,22,23). The van der Waals surface area contributed by atoms with Crippen molar-refractivity contribution in [1.29, 1.82) is 5.26 Å². The highest BCUT2D eigenvalue weighted by Gasteiger charge is 2.13. The van der Waals surface area contributed by atoms with E-state index in [1.165, 1.54) is 0 Å². The second kappa shape index (κ2) is 7.47. The summed E-state index contributed by atoms with van der Waals surface area (Å²) in [6.45, 7) is 5.89. The summed E-state index contributed by atoms with van der Waals surface area (Å²) in [6, 6.07) is 13.1. The minimum Gasteiger partial charge on any atom is -0.497 e. The fraction of sp³-hybridized carbons (Fsp3) is 0.200. The molecule has 0 bridgehead atoms. The van der Waals surface area contributed by atoms with Crippen LogP contribution in [-0.2, 0) is 4.79 Å². The smallest absolute Gasteiger partial charge is 0.266 e. The lowest BCUT2D eigenvalue weighted by molar-refractivity contribution is -0.112. The summed E-state index contributed by atoms with van der Waals surface area (Å²) in [5.41, 5.74) is 4.66. The molecule has 0 atom stereocenters. The van der Waals surface area contributed by atoms with E-state index < -0.39 is 5.91 Å². The lowest BCUT2D eigenvalue weighted by Gasteiger charge is -2.12. The summed E-state index contributed by atoms with van der Waals surface area (Å²) < 4.78 is 5.10. The number of methoxy groups -OCH3 is 1. The molecular weight excluding hydrogens is 300 g/mol. The molecule has 0 fully saturated rings. The van der Waals surface area contributed by atoms with E-state index in [2.05, 4.69) is 5.32 Å². The number of carbonyl (C=O) groups is 1. The first-order valence-corrected chi connectivity index (χ1v) is 7.59. The molecule has 1 N–H and O–H groups in total. The number of carbonyl (C=O) groups excluding carboxylic acids is 1. The number of anilines is 1. The molecule has 0 heterocycles. The predicted octanol–water partition coefficient (Wildman–Crippen LogP) is 4.17. The summed E-state index contributed by atoms with van der Waals surface area (Å²) in [5, 5.41) is 12.2. The number of hydrogen-bond acceptors (Lipinski definition) is 3. The molecule has 0 spiro atoms. The van der Waals surface area contributed by atoms with Crippen LogP contribution in [0.25, 0.3) is 6.08 Å². The third-order valence-electron chi connectivity index (χ3n) is 3.71. The Labute approximate surface area is 142 Å². The van der Waals surface area contributed by atoms with Crippen molar-refractivity contribution in [3.63, 3.8) is 0 Å². The zero-order valence-corrected chi connectivity index (χ0v) is 14.3. The Bertz CT molecular complexity index is 805. The van der Waals surface area contributed by atoms with E-state index in [9.17, 15) is 10.1 Å². The van der Waals surface area contributed by atoms with Gasteiger partial charge in [-0.15, -0.1) is 0 Å². The number of amides is 1. The second-order valence-corrected chi connectivity index (χ2v) is 5.67. The highest BCUT2D eigenvalue weighted by molar-refractivity contribution is 6.10. The largest absolute Gasteiger partial charge is 0.497 e. The Kier molecular flexibility index (Phi) is 5.39. The van der Waals surface area contributed by atoms with Gasteiger partial charge in [-0.3, -0.25) is 4.79 Å². The van der Waals surface area contributed by atoms with Crippen LogP contribution >= 0.6 is 0 Å². The molecule has 0 saturated carbocycles. The van der Waals surface area contributed by atoms with Crippen LogP contribution in [0.1, 0.15) is 22.3 Å². The van der Waals surface area contributed by atoms with E-state index >= 15 is 0 Å². The summed E-state index contributed by atoms with van der Waals surface area (Å²) in [6.07, 6.45) is 1.56. The Morgan fingerprint density at radius 2 is 1.71 bits per heavy atom. The number of rotatable bonds is 4. The van der Waals surface area contributed by atoms with Gasteiger partial charge in [-0.05, 0) is 55.7 Å². The maximum atomic E-state index is 12.4. The molecule has 0 radical (unpaired) electrons. The Morgan fingerprint density at radius 1 is 1.12 bits per heavy atom. The monoisotopic (exact) mass is 320 g/mol. The molecule has 0 aliphatic carbocycles. The van der Waals surface area contributed by atoms with Crippen LogP contribution in [0.2, 0.25) is 0 Å². The maximum Gasteiger partial charge on any atom is 0.266 e. The van der Waals surface area contributed by atoms with Crippen molar-refractivity contribution in [1.82, 2.24) is 0 Å².